The van der Waals surface area contributed by atoms with E-state index in [4.69, 9.17) is 27.9 Å². The van der Waals surface area contributed by atoms with Gasteiger partial charge in [0.15, 0.2) is 0 Å². The number of rotatable bonds is 8. The third-order valence-corrected chi connectivity index (χ3v) is 4.93. The van der Waals surface area contributed by atoms with Gasteiger partial charge in [0.2, 0.25) is 0 Å². The van der Waals surface area contributed by atoms with Crippen molar-refractivity contribution >= 4 is 23.2 Å². The zero-order valence-corrected chi connectivity index (χ0v) is 17.2. The van der Waals surface area contributed by atoms with Crippen molar-refractivity contribution in [1.82, 2.24) is 5.32 Å². The highest BCUT2D eigenvalue weighted by Gasteiger charge is 2.11. The minimum atomic E-state index is -0.183. The van der Waals surface area contributed by atoms with Crippen LogP contribution in [-0.2, 0) is 19.6 Å². The highest BCUT2D eigenvalue weighted by molar-refractivity contribution is 6.35. The van der Waals surface area contributed by atoms with Gasteiger partial charge in [-0.05, 0) is 49.2 Å². The van der Waals surface area contributed by atoms with E-state index in [1.165, 1.54) is 11.6 Å². The van der Waals surface area contributed by atoms with Crippen molar-refractivity contribution in [2.45, 2.75) is 26.5 Å². The van der Waals surface area contributed by atoms with Crippen LogP contribution in [0.1, 0.15) is 22.3 Å². The maximum absolute atomic E-state index is 13.7. The SMILES string of the molecule is Cc1ccc(COc2c(Cl)cc(Cl)cc2CNCCc2ccccc2F)cc1. The molecule has 28 heavy (non-hydrogen) atoms. The first-order chi connectivity index (χ1) is 13.5. The molecule has 3 aromatic carbocycles. The highest BCUT2D eigenvalue weighted by Crippen LogP contribution is 2.33. The first-order valence-corrected chi connectivity index (χ1v) is 9.89. The zero-order valence-electron chi connectivity index (χ0n) is 15.6. The summed E-state index contributed by atoms with van der Waals surface area (Å²) in [5, 5.41) is 4.35. The molecule has 2 nitrogen and oxygen atoms in total. The Kier molecular flexibility index (Phi) is 7.32. The van der Waals surface area contributed by atoms with E-state index in [1.807, 2.05) is 43.3 Å². The van der Waals surface area contributed by atoms with E-state index < -0.39 is 0 Å². The van der Waals surface area contributed by atoms with Gasteiger partial charge in [0.1, 0.15) is 18.2 Å². The normalized spacial score (nSPS) is 10.9. The van der Waals surface area contributed by atoms with Crippen molar-refractivity contribution in [2.75, 3.05) is 6.54 Å². The zero-order chi connectivity index (χ0) is 19.9. The minimum absolute atomic E-state index is 0.183. The first kappa shape index (κ1) is 20.7. The molecule has 3 aromatic rings. The third kappa shape index (κ3) is 5.71. The lowest BCUT2D eigenvalue weighted by atomic mass is 10.1. The molecule has 5 heteroatoms. The Labute approximate surface area is 175 Å². The average Bonchev–Trinajstić information content (AvgIpc) is 2.67. The molecule has 0 aliphatic rings. The molecule has 0 spiro atoms. The van der Waals surface area contributed by atoms with Gasteiger partial charge in [-0.1, -0.05) is 71.2 Å². The van der Waals surface area contributed by atoms with Gasteiger partial charge in [-0.2, -0.15) is 0 Å². The topological polar surface area (TPSA) is 21.3 Å². The number of halogens is 3. The molecule has 0 fully saturated rings. The van der Waals surface area contributed by atoms with Crippen LogP contribution in [-0.4, -0.2) is 6.54 Å². The molecule has 0 unspecified atom stereocenters. The molecule has 0 heterocycles. The molecule has 0 bridgehead atoms. The predicted octanol–water partition coefficient (Wildman–Crippen LogP) is 6.35. The number of benzene rings is 3. The number of hydrogen-bond donors (Lipinski definition) is 1. The van der Waals surface area contributed by atoms with E-state index in [9.17, 15) is 4.39 Å². The fraction of sp³-hybridized carbons (Fsp3) is 0.217. The van der Waals surface area contributed by atoms with Gasteiger partial charge in [0, 0.05) is 17.1 Å². The van der Waals surface area contributed by atoms with Crippen LogP contribution in [0.4, 0.5) is 4.39 Å². The molecule has 3 rings (SSSR count). The molecule has 1 N–H and O–H groups in total. The fourth-order valence-corrected chi connectivity index (χ4v) is 3.48. The molecular weight excluding hydrogens is 396 g/mol. The van der Waals surface area contributed by atoms with E-state index in [2.05, 4.69) is 5.32 Å². The molecule has 0 amide bonds. The summed E-state index contributed by atoms with van der Waals surface area (Å²) in [7, 11) is 0. The number of ether oxygens (including phenoxy) is 1. The van der Waals surface area contributed by atoms with Crippen LogP contribution in [0.3, 0.4) is 0 Å². The summed E-state index contributed by atoms with van der Waals surface area (Å²) in [4.78, 5) is 0. The molecule has 0 saturated heterocycles. The van der Waals surface area contributed by atoms with Gasteiger partial charge in [-0.25, -0.2) is 4.39 Å². The average molecular weight is 418 g/mol. The van der Waals surface area contributed by atoms with E-state index in [-0.39, 0.29) is 5.82 Å². The van der Waals surface area contributed by atoms with Crippen LogP contribution in [0.2, 0.25) is 10.0 Å². The van der Waals surface area contributed by atoms with Gasteiger partial charge in [0.25, 0.3) is 0 Å². The van der Waals surface area contributed by atoms with Crippen molar-refractivity contribution < 1.29 is 9.13 Å². The van der Waals surface area contributed by atoms with E-state index in [0.29, 0.717) is 47.5 Å². The molecule has 0 aliphatic carbocycles. The van der Waals surface area contributed by atoms with Crippen molar-refractivity contribution in [2.24, 2.45) is 0 Å². The number of nitrogens with one attached hydrogen (secondary N) is 1. The Hall–Kier alpha value is -2.07. The van der Waals surface area contributed by atoms with E-state index in [0.717, 1.165) is 11.1 Å². The largest absolute Gasteiger partial charge is 0.487 e. The summed E-state index contributed by atoms with van der Waals surface area (Å²) in [6.07, 6.45) is 0.598. The van der Waals surface area contributed by atoms with E-state index >= 15 is 0 Å². The Morgan fingerprint density at radius 2 is 1.71 bits per heavy atom. The van der Waals surface area contributed by atoms with Crippen LogP contribution >= 0.6 is 23.2 Å². The number of aryl methyl sites for hydroxylation is 1. The fourth-order valence-electron chi connectivity index (χ4n) is 2.89. The second kappa shape index (κ2) is 9.92. The van der Waals surface area contributed by atoms with Crippen molar-refractivity contribution in [3.63, 3.8) is 0 Å². The highest BCUT2D eigenvalue weighted by atomic mass is 35.5. The van der Waals surface area contributed by atoms with Crippen LogP contribution in [0.15, 0.2) is 60.7 Å². The Bertz CT molecular complexity index is 928. The molecule has 0 saturated carbocycles. The Morgan fingerprint density at radius 1 is 0.964 bits per heavy atom. The van der Waals surface area contributed by atoms with Crippen molar-refractivity contribution in [3.8, 4) is 5.75 Å². The summed E-state index contributed by atoms with van der Waals surface area (Å²) in [6.45, 7) is 3.62. The molecule has 0 radical (unpaired) electrons. The van der Waals surface area contributed by atoms with Crippen LogP contribution in [0.5, 0.6) is 5.75 Å². The van der Waals surface area contributed by atoms with Crippen molar-refractivity contribution in [1.29, 1.82) is 0 Å². The standard InChI is InChI=1S/C23H22Cl2FNO/c1-16-6-8-17(9-7-16)15-28-23-19(12-20(24)13-21(23)25)14-27-11-10-18-4-2-3-5-22(18)26/h2-9,12-13,27H,10-11,14-15H2,1H3. The predicted molar refractivity (Wildman–Crippen MR) is 114 cm³/mol. The molecule has 146 valence electrons. The van der Waals surface area contributed by atoms with Gasteiger partial charge in [-0.3, -0.25) is 0 Å². The molecule has 0 atom stereocenters. The maximum Gasteiger partial charge on any atom is 0.142 e. The second-order valence-electron chi connectivity index (χ2n) is 6.67. The Morgan fingerprint density at radius 3 is 2.46 bits per heavy atom. The summed E-state index contributed by atoms with van der Waals surface area (Å²) in [5.74, 6) is 0.433. The molecular formula is C23H22Cl2FNO. The monoisotopic (exact) mass is 417 g/mol. The van der Waals surface area contributed by atoms with Crippen LogP contribution < -0.4 is 10.1 Å². The summed E-state index contributed by atoms with van der Waals surface area (Å²) in [5.41, 5.74) is 3.83. The first-order valence-electron chi connectivity index (χ1n) is 9.13. The lowest BCUT2D eigenvalue weighted by Gasteiger charge is -2.15. The molecule has 0 aromatic heterocycles. The lowest BCUT2D eigenvalue weighted by molar-refractivity contribution is 0.302. The van der Waals surface area contributed by atoms with Gasteiger partial charge in [-0.15, -0.1) is 0 Å². The van der Waals surface area contributed by atoms with E-state index in [1.54, 1.807) is 18.2 Å². The Balaban J connectivity index is 1.63. The van der Waals surface area contributed by atoms with Gasteiger partial charge >= 0.3 is 0 Å². The smallest absolute Gasteiger partial charge is 0.142 e. The van der Waals surface area contributed by atoms with Crippen LogP contribution in [0, 0.1) is 12.7 Å². The van der Waals surface area contributed by atoms with Gasteiger partial charge < -0.3 is 10.1 Å². The minimum Gasteiger partial charge on any atom is -0.487 e. The van der Waals surface area contributed by atoms with Crippen molar-refractivity contribution in [3.05, 3.63) is 98.8 Å². The van der Waals surface area contributed by atoms with Crippen LogP contribution in [0.25, 0.3) is 0 Å². The number of hydrogen-bond acceptors (Lipinski definition) is 2. The summed E-state index contributed by atoms with van der Waals surface area (Å²) < 4.78 is 19.7. The summed E-state index contributed by atoms with van der Waals surface area (Å²) in [6, 6.07) is 18.5. The molecule has 0 aliphatic heterocycles. The third-order valence-electron chi connectivity index (χ3n) is 4.43. The second-order valence-corrected chi connectivity index (χ2v) is 7.51. The maximum atomic E-state index is 13.7. The lowest BCUT2D eigenvalue weighted by Crippen LogP contribution is -2.18. The van der Waals surface area contributed by atoms with Gasteiger partial charge in [0.05, 0.1) is 5.02 Å². The summed E-state index contributed by atoms with van der Waals surface area (Å²) >= 11 is 12.5. The quantitative estimate of drug-likeness (QED) is 0.431.